The van der Waals surface area contributed by atoms with Gasteiger partial charge in [0.15, 0.2) is 5.96 Å². The summed E-state index contributed by atoms with van der Waals surface area (Å²) in [6, 6.07) is 8.03. The number of aliphatic imine (C=N–C) groups is 1. The zero-order valence-corrected chi connectivity index (χ0v) is 12.5. The average Bonchev–Trinajstić information content (AvgIpc) is 2.84. The number of guanidine groups is 1. The van der Waals surface area contributed by atoms with Gasteiger partial charge in [-0.05, 0) is 12.5 Å². The van der Waals surface area contributed by atoms with Crippen molar-refractivity contribution in [2.45, 2.75) is 19.9 Å². The number of nitrogens with zero attached hydrogens (tertiary/aromatic N) is 2. The van der Waals surface area contributed by atoms with Crippen LogP contribution in [0.3, 0.4) is 0 Å². The number of carbonyl (C=O) groups is 1. The smallest absolute Gasteiger partial charge is 0.226 e. The lowest BCUT2D eigenvalue weighted by molar-refractivity contribution is -0.120. The lowest BCUT2D eigenvalue weighted by Gasteiger charge is -2.04. The Hall–Kier alpha value is -2.41. The SMILES string of the molecule is Cc1ccc(CNC(=O)Cc2csc(N=C(N)N)n2)cc1. The van der Waals surface area contributed by atoms with Crippen molar-refractivity contribution < 1.29 is 4.79 Å². The molecule has 0 bridgehead atoms. The van der Waals surface area contributed by atoms with Crippen molar-refractivity contribution in [3.05, 3.63) is 46.5 Å². The molecule has 0 aliphatic rings. The standard InChI is InChI=1S/C14H17N5OS/c1-9-2-4-10(5-3-9)7-17-12(20)6-11-8-21-14(18-11)19-13(15)16/h2-5,8H,6-7H2,1H3,(H,17,20)(H4,15,16,18,19). The predicted octanol–water partition coefficient (Wildman–Crippen LogP) is 1.22. The van der Waals surface area contributed by atoms with Crippen LogP contribution >= 0.6 is 11.3 Å². The molecule has 110 valence electrons. The number of aromatic nitrogens is 1. The third-order valence-electron chi connectivity index (χ3n) is 2.72. The number of nitrogens with one attached hydrogen (secondary N) is 1. The van der Waals surface area contributed by atoms with E-state index in [4.69, 9.17) is 11.5 Å². The molecule has 7 heteroatoms. The summed E-state index contributed by atoms with van der Waals surface area (Å²) in [5, 5.41) is 5.08. The maximum absolute atomic E-state index is 11.9. The Morgan fingerprint density at radius 3 is 2.71 bits per heavy atom. The Labute approximate surface area is 126 Å². The summed E-state index contributed by atoms with van der Waals surface area (Å²) in [5.74, 6) is -0.128. The van der Waals surface area contributed by atoms with Gasteiger partial charge in [-0.1, -0.05) is 29.8 Å². The Kier molecular flexibility index (Phi) is 4.89. The molecule has 6 nitrogen and oxygen atoms in total. The molecule has 2 aromatic rings. The third-order valence-corrected chi connectivity index (χ3v) is 3.50. The molecular formula is C14H17N5OS. The van der Waals surface area contributed by atoms with Gasteiger partial charge in [-0.15, -0.1) is 11.3 Å². The van der Waals surface area contributed by atoms with Gasteiger partial charge in [0.2, 0.25) is 11.0 Å². The number of amides is 1. The quantitative estimate of drug-likeness (QED) is 0.570. The van der Waals surface area contributed by atoms with E-state index < -0.39 is 0 Å². The van der Waals surface area contributed by atoms with Crippen molar-refractivity contribution in [1.29, 1.82) is 0 Å². The molecule has 0 radical (unpaired) electrons. The van der Waals surface area contributed by atoms with Crippen molar-refractivity contribution in [3.8, 4) is 0 Å². The highest BCUT2D eigenvalue weighted by atomic mass is 32.1. The predicted molar refractivity (Wildman–Crippen MR) is 84.3 cm³/mol. The lowest BCUT2D eigenvalue weighted by atomic mass is 10.1. The number of hydrogen-bond acceptors (Lipinski definition) is 4. The number of carbonyl (C=O) groups excluding carboxylic acids is 1. The molecule has 0 aliphatic carbocycles. The van der Waals surface area contributed by atoms with E-state index in [1.165, 1.54) is 16.9 Å². The van der Waals surface area contributed by atoms with Gasteiger partial charge in [0.05, 0.1) is 12.1 Å². The maximum Gasteiger partial charge on any atom is 0.226 e. The number of aryl methyl sites for hydroxylation is 1. The average molecular weight is 303 g/mol. The summed E-state index contributed by atoms with van der Waals surface area (Å²) in [6.45, 7) is 2.53. The second-order valence-corrected chi connectivity index (χ2v) is 5.43. The number of nitrogens with two attached hydrogens (primary N) is 2. The van der Waals surface area contributed by atoms with Crippen LogP contribution < -0.4 is 16.8 Å². The van der Waals surface area contributed by atoms with Gasteiger partial charge >= 0.3 is 0 Å². The minimum absolute atomic E-state index is 0.0419. The monoisotopic (exact) mass is 303 g/mol. The van der Waals surface area contributed by atoms with Crippen molar-refractivity contribution >= 4 is 28.3 Å². The molecule has 2 rings (SSSR count). The fourth-order valence-electron chi connectivity index (χ4n) is 1.67. The van der Waals surface area contributed by atoms with Gasteiger partial charge in [0.1, 0.15) is 0 Å². The highest BCUT2D eigenvalue weighted by Gasteiger charge is 2.07. The molecule has 21 heavy (non-hydrogen) atoms. The van der Waals surface area contributed by atoms with Crippen LogP contribution in [0.15, 0.2) is 34.6 Å². The molecule has 0 saturated heterocycles. The number of hydrogen-bond donors (Lipinski definition) is 3. The van der Waals surface area contributed by atoms with E-state index >= 15 is 0 Å². The topological polar surface area (TPSA) is 106 Å². The van der Waals surface area contributed by atoms with Crippen LogP contribution in [-0.2, 0) is 17.8 Å². The molecule has 0 spiro atoms. The first-order chi connectivity index (χ1) is 10.0. The summed E-state index contributed by atoms with van der Waals surface area (Å²) in [6.07, 6.45) is 0.211. The van der Waals surface area contributed by atoms with Crippen LogP contribution in [0.2, 0.25) is 0 Å². The van der Waals surface area contributed by atoms with Crippen LogP contribution in [0.4, 0.5) is 5.13 Å². The van der Waals surface area contributed by atoms with E-state index in [9.17, 15) is 4.79 Å². The lowest BCUT2D eigenvalue weighted by Crippen LogP contribution is -2.24. The highest BCUT2D eigenvalue weighted by molar-refractivity contribution is 7.13. The van der Waals surface area contributed by atoms with E-state index in [1.807, 2.05) is 31.2 Å². The van der Waals surface area contributed by atoms with Crippen molar-refractivity contribution in [1.82, 2.24) is 10.3 Å². The van der Waals surface area contributed by atoms with Gasteiger partial charge in [-0.3, -0.25) is 4.79 Å². The van der Waals surface area contributed by atoms with E-state index in [2.05, 4.69) is 15.3 Å². The van der Waals surface area contributed by atoms with Crippen molar-refractivity contribution in [3.63, 3.8) is 0 Å². The Balaban J connectivity index is 1.85. The minimum atomic E-state index is -0.0860. The largest absolute Gasteiger partial charge is 0.370 e. The Morgan fingerprint density at radius 1 is 1.33 bits per heavy atom. The highest BCUT2D eigenvalue weighted by Crippen LogP contribution is 2.18. The fraction of sp³-hybridized carbons (Fsp3) is 0.214. The van der Waals surface area contributed by atoms with Crippen LogP contribution in [0.1, 0.15) is 16.8 Å². The first-order valence-corrected chi connectivity index (χ1v) is 7.27. The van der Waals surface area contributed by atoms with E-state index in [0.717, 1.165) is 5.56 Å². The molecule has 0 aliphatic heterocycles. The fourth-order valence-corrected chi connectivity index (χ4v) is 2.38. The van der Waals surface area contributed by atoms with Gasteiger partial charge in [-0.25, -0.2) is 4.98 Å². The van der Waals surface area contributed by atoms with Gasteiger partial charge in [-0.2, -0.15) is 4.99 Å². The summed E-state index contributed by atoms with van der Waals surface area (Å²) in [4.78, 5) is 19.9. The van der Waals surface area contributed by atoms with Crippen LogP contribution in [0, 0.1) is 6.92 Å². The molecule has 1 amide bonds. The molecule has 1 heterocycles. The molecule has 0 fully saturated rings. The van der Waals surface area contributed by atoms with Gasteiger partial charge < -0.3 is 16.8 Å². The molecule has 1 aromatic heterocycles. The Morgan fingerprint density at radius 2 is 2.05 bits per heavy atom. The maximum atomic E-state index is 11.9. The Bertz CT molecular complexity index is 644. The molecule has 0 atom stereocenters. The van der Waals surface area contributed by atoms with Crippen molar-refractivity contribution in [2.75, 3.05) is 0 Å². The normalized spacial score (nSPS) is 10.1. The molecular weight excluding hydrogens is 286 g/mol. The van der Waals surface area contributed by atoms with Gasteiger partial charge in [0.25, 0.3) is 0 Å². The molecule has 0 unspecified atom stereocenters. The molecule has 0 saturated carbocycles. The number of thiazole rings is 1. The first kappa shape index (κ1) is 15.0. The zero-order chi connectivity index (χ0) is 15.2. The summed E-state index contributed by atoms with van der Waals surface area (Å²) < 4.78 is 0. The second-order valence-electron chi connectivity index (χ2n) is 4.60. The van der Waals surface area contributed by atoms with E-state index in [-0.39, 0.29) is 18.3 Å². The summed E-state index contributed by atoms with van der Waals surface area (Å²) in [7, 11) is 0. The third kappa shape index (κ3) is 4.88. The van der Waals surface area contributed by atoms with Gasteiger partial charge in [0, 0.05) is 11.9 Å². The molecule has 5 N–H and O–H groups in total. The van der Waals surface area contributed by atoms with E-state index in [1.54, 1.807) is 5.38 Å². The summed E-state index contributed by atoms with van der Waals surface area (Å²) >= 11 is 1.30. The van der Waals surface area contributed by atoms with E-state index in [0.29, 0.717) is 17.4 Å². The second kappa shape index (κ2) is 6.85. The minimum Gasteiger partial charge on any atom is -0.370 e. The zero-order valence-electron chi connectivity index (χ0n) is 11.7. The number of benzene rings is 1. The first-order valence-electron chi connectivity index (χ1n) is 6.39. The van der Waals surface area contributed by atoms with Crippen molar-refractivity contribution in [2.24, 2.45) is 16.5 Å². The number of rotatable bonds is 5. The van der Waals surface area contributed by atoms with Crippen LogP contribution in [-0.4, -0.2) is 16.9 Å². The van der Waals surface area contributed by atoms with Crippen LogP contribution in [0.5, 0.6) is 0 Å². The summed E-state index contributed by atoms with van der Waals surface area (Å²) in [5.41, 5.74) is 13.5. The van der Waals surface area contributed by atoms with Crippen LogP contribution in [0.25, 0.3) is 0 Å². The molecule has 1 aromatic carbocycles.